The number of aromatic nitrogens is 1. The van der Waals surface area contributed by atoms with Gasteiger partial charge in [0.05, 0.1) is 16.8 Å². The zero-order valence-electron chi connectivity index (χ0n) is 20.4. The van der Waals surface area contributed by atoms with Gasteiger partial charge in [0.15, 0.2) is 5.13 Å². The van der Waals surface area contributed by atoms with Crippen LogP contribution >= 0.6 is 11.3 Å². The van der Waals surface area contributed by atoms with Crippen LogP contribution in [-0.2, 0) is 6.42 Å². The predicted octanol–water partition coefficient (Wildman–Crippen LogP) is 4.98. The lowest BCUT2D eigenvalue weighted by molar-refractivity contribution is 0.0947. The van der Waals surface area contributed by atoms with Gasteiger partial charge in [-0.15, -0.1) is 0 Å². The Bertz CT molecular complexity index is 1080. The standard InChI is InChI=1S/C27H36N4O2S/c1-3-5-6-19-33-23-11-7-10-22(20-23)26(32)28-13-14-30-15-17-31(18-16-30)27-29-25-21(4-2)9-8-12-24(25)34-27/h7-12,20H,3-6,13-19H2,1-2H3,(H,28,32). The summed E-state index contributed by atoms with van der Waals surface area (Å²) < 4.78 is 7.05. The Labute approximate surface area is 206 Å². The smallest absolute Gasteiger partial charge is 0.251 e. The molecule has 7 heteroatoms. The molecular formula is C27H36N4O2S. The van der Waals surface area contributed by atoms with Gasteiger partial charge in [0.2, 0.25) is 0 Å². The van der Waals surface area contributed by atoms with E-state index in [1.807, 2.05) is 24.3 Å². The highest BCUT2D eigenvalue weighted by molar-refractivity contribution is 7.22. The molecule has 1 fully saturated rings. The lowest BCUT2D eigenvalue weighted by atomic mass is 10.1. The maximum absolute atomic E-state index is 12.6. The molecule has 2 aromatic carbocycles. The van der Waals surface area contributed by atoms with Crippen molar-refractivity contribution in [3.8, 4) is 5.75 Å². The summed E-state index contributed by atoms with van der Waals surface area (Å²) in [5.41, 5.74) is 3.13. The maximum Gasteiger partial charge on any atom is 0.251 e. The van der Waals surface area contributed by atoms with E-state index in [-0.39, 0.29) is 5.91 Å². The normalized spacial score (nSPS) is 14.5. The second-order valence-corrected chi connectivity index (χ2v) is 9.79. The van der Waals surface area contributed by atoms with Crippen molar-refractivity contribution in [1.82, 2.24) is 15.2 Å². The maximum atomic E-state index is 12.6. The Morgan fingerprint density at radius 3 is 2.71 bits per heavy atom. The van der Waals surface area contributed by atoms with Crippen molar-refractivity contribution in [3.63, 3.8) is 0 Å². The van der Waals surface area contributed by atoms with Gasteiger partial charge in [0.25, 0.3) is 5.91 Å². The Morgan fingerprint density at radius 1 is 1.09 bits per heavy atom. The third kappa shape index (κ3) is 6.27. The van der Waals surface area contributed by atoms with Gasteiger partial charge in [-0.25, -0.2) is 4.98 Å². The van der Waals surface area contributed by atoms with Crippen LogP contribution in [0.2, 0.25) is 0 Å². The molecule has 1 N–H and O–H groups in total. The van der Waals surface area contributed by atoms with Crippen LogP contribution in [0.1, 0.15) is 49.0 Å². The van der Waals surface area contributed by atoms with Crippen molar-refractivity contribution in [2.45, 2.75) is 39.5 Å². The summed E-state index contributed by atoms with van der Waals surface area (Å²) in [6, 6.07) is 14.0. The average Bonchev–Trinajstić information content (AvgIpc) is 3.32. The number of hydrogen-bond donors (Lipinski definition) is 1. The third-order valence-corrected chi connectivity index (χ3v) is 7.42. The number of thiazole rings is 1. The Hall–Kier alpha value is -2.64. The second kappa shape index (κ2) is 12.2. The van der Waals surface area contributed by atoms with Gasteiger partial charge in [-0.2, -0.15) is 0 Å². The molecule has 2 heterocycles. The molecule has 34 heavy (non-hydrogen) atoms. The number of para-hydroxylation sites is 1. The number of rotatable bonds is 11. The fourth-order valence-electron chi connectivity index (χ4n) is 4.28. The summed E-state index contributed by atoms with van der Waals surface area (Å²) in [6.07, 6.45) is 4.38. The van der Waals surface area contributed by atoms with Crippen LogP contribution in [0, 0.1) is 0 Å². The summed E-state index contributed by atoms with van der Waals surface area (Å²) >= 11 is 1.79. The molecule has 182 valence electrons. The molecule has 1 aliphatic heterocycles. The molecule has 4 rings (SSSR count). The number of aryl methyl sites for hydroxylation is 1. The summed E-state index contributed by atoms with van der Waals surface area (Å²) in [6.45, 7) is 10.4. The van der Waals surface area contributed by atoms with Gasteiger partial charge in [0, 0.05) is 44.8 Å². The number of carbonyl (C=O) groups is 1. The second-order valence-electron chi connectivity index (χ2n) is 8.78. The molecule has 6 nitrogen and oxygen atoms in total. The lowest BCUT2D eigenvalue weighted by Crippen LogP contribution is -2.48. The molecule has 3 aromatic rings. The minimum absolute atomic E-state index is 0.0427. The molecule has 0 radical (unpaired) electrons. The first kappa shape index (κ1) is 24.5. The van der Waals surface area contributed by atoms with Crippen molar-refractivity contribution in [3.05, 3.63) is 53.6 Å². The highest BCUT2D eigenvalue weighted by Gasteiger charge is 2.20. The first-order valence-electron chi connectivity index (χ1n) is 12.5. The van der Waals surface area contributed by atoms with E-state index in [1.165, 1.54) is 16.7 Å². The zero-order chi connectivity index (χ0) is 23.8. The van der Waals surface area contributed by atoms with Gasteiger partial charge < -0.3 is 15.0 Å². The molecule has 1 amide bonds. The minimum Gasteiger partial charge on any atom is -0.494 e. The fraction of sp³-hybridized carbons (Fsp3) is 0.481. The summed E-state index contributed by atoms with van der Waals surface area (Å²) in [5, 5.41) is 4.19. The lowest BCUT2D eigenvalue weighted by Gasteiger charge is -2.34. The van der Waals surface area contributed by atoms with Crippen LogP contribution in [-0.4, -0.2) is 61.7 Å². The van der Waals surface area contributed by atoms with Crippen molar-refractivity contribution < 1.29 is 9.53 Å². The van der Waals surface area contributed by atoms with Crippen LogP contribution in [0.4, 0.5) is 5.13 Å². The van der Waals surface area contributed by atoms with Crippen LogP contribution in [0.15, 0.2) is 42.5 Å². The van der Waals surface area contributed by atoms with Gasteiger partial charge in [-0.3, -0.25) is 9.69 Å². The molecule has 0 spiro atoms. The topological polar surface area (TPSA) is 57.7 Å². The van der Waals surface area contributed by atoms with Gasteiger partial charge >= 0.3 is 0 Å². The molecule has 1 saturated heterocycles. The van der Waals surface area contributed by atoms with Crippen LogP contribution in [0.3, 0.4) is 0 Å². The SMILES string of the molecule is CCCCCOc1cccc(C(=O)NCCN2CCN(c3nc4c(CC)cccc4s3)CC2)c1. The summed E-state index contributed by atoms with van der Waals surface area (Å²) in [7, 11) is 0. The summed E-state index contributed by atoms with van der Waals surface area (Å²) in [4.78, 5) is 22.3. The molecule has 0 aliphatic carbocycles. The molecule has 1 aliphatic rings. The van der Waals surface area contributed by atoms with Crippen LogP contribution in [0.25, 0.3) is 10.2 Å². The highest BCUT2D eigenvalue weighted by atomic mass is 32.1. The number of nitrogens with zero attached hydrogens (tertiary/aromatic N) is 3. The van der Waals surface area contributed by atoms with E-state index < -0.39 is 0 Å². The number of anilines is 1. The van der Waals surface area contributed by atoms with E-state index in [4.69, 9.17) is 9.72 Å². The number of amides is 1. The Kier molecular flexibility index (Phi) is 8.77. The molecular weight excluding hydrogens is 444 g/mol. The van der Waals surface area contributed by atoms with Crippen LogP contribution in [0.5, 0.6) is 5.75 Å². The van der Waals surface area contributed by atoms with E-state index in [0.717, 1.165) is 68.4 Å². The van der Waals surface area contributed by atoms with Gasteiger partial charge in [-0.1, -0.05) is 56.2 Å². The quantitative estimate of drug-likeness (QED) is 0.392. The molecule has 0 bridgehead atoms. The van der Waals surface area contributed by atoms with Gasteiger partial charge in [0.1, 0.15) is 5.75 Å². The number of carbonyl (C=O) groups excluding carboxylic acids is 1. The zero-order valence-corrected chi connectivity index (χ0v) is 21.2. The van der Waals surface area contributed by atoms with Crippen LogP contribution < -0.4 is 15.0 Å². The fourth-order valence-corrected chi connectivity index (χ4v) is 5.34. The minimum atomic E-state index is -0.0427. The predicted molar refractivity (Wildman–Crippen MR) is 141 cm³/mol. The van der Waals surface area contributed by atoms with Crippen molar-refractivity contribution in [1.29, 1.82) is 0 Å². The van der Waals surface area contributed by atoms with E-state index in [2.05, 4.69) is 47.2 Å². The molecule has 0 unspecified atom stereocenters. The number of fused-ring (bicyclic) bond motifs is 1. The number of piperazine rings is 1. The van der Waals surface area contributed by atoms with E-state index in [9.17, 15) is 4.79 Å². The largest absolute Gasteiger partial charge is 0.494 e. The number of ether oxygens (including phenoxy) is 1. The number of hydrogen-bond acceptors (Lipinski definition) is 6. The average molecular weight is 481 g/mol. The van der Waals surface area contributed by atoms with Crippen molar-refractivity contribution >= 4 is 32.6 Å². The molecule has 1 aromatic heterocycles. The highest BCUT2D eigenvalue weighted by Crippen LogP contribution is 2.31. The number of benzene rings is 2. The van der Waals surface area contributed by atoms with Crippen molar-refractivity contribution in [2.24, 2.45) is 0 Å². The molecule has 0 atom stereocenters. The van der Waals surface area contributed by atoms with E-state index in [1.54, 1.807) is 11.3 Å². The Morgan fingerprint density at radius 2 is 1.91 bits per heavy atom. The Balaban J connectivity index is 1.21. The third-order valence-electron chi connectivity index (χ3n) is 6.34. The first-order valence-corrected chi connectivity index (χ1v) is 13.4. The molecule has 0 saturated carbocycles. The van der Waals surface area contributed by atoms with E-state index >= 15 is 0 Å². The van der Waals surface area contributed by atoms with Gasteiger partial charge in [-0.05, 0) is 42.7 Å². The summed E-state index contributed by atoms with van der Waals surface area (Å²) in [5.74, 6) is 0.722. The first-order chi connectivity index (χ1) is 16.7. The number of unbranched alkanes of at least 4 members (excludes halogenated alkanes) is 2. The van der Waals surface area contributed by atoms with Crippen molar-refractivity contribution in [2.75, 3.05) is 50.8 Å². The number of nitrogens with one attached hydrogen (secondary N) is 1. The van der Waals surface area contributed by atoms with E-state index in [0.29, 0.717) is 18.7 Å². The monoisotopic (exact) mass is 480 g/mol.